The van der Waals surface area contributed by atoms with E-state index in [-0.39, 0.29) is 11.9 Å². The summed E-state index contributed by atoms with van der Waals surface area (Å²) in [6, 6.07) is 22.4. The third-order valence-electron chi connectivity index (χ3n) is 6.56. The minimum absolute atomic E-state index is 0.0147. The number of piperidine rings is 1. The van der Waals surface area contributed by atoms with Crippen molar-refractivity contribution in [1.82, 2.24) is 19.6 Å². The topological polar surface area (TPSA) is 58.9 Å². The smallest absolute Gasteiger partial charge is 0.317 e. The number of urea groups is 1. The fourth-order valence-corrected chi connectivity index (χ4v) is 4.70. The number of amides is 2. The summed E-state index contributed by atoms with van der Waals surface area (Å²) in [5, 5.41) is 3.09. The number of methoxy groups -OCH3 is 1. The molecule has 0 radical (unpaired) electrons. The SMILES string of the molecule is COc1cccc(-c2nc(C3CCCN(C(=O)NCc4ccc(C)cc4)C3)n3ccccc23)c1. The second-order valence-corrected chi connectivity index (χ2v) is 8.94. The van der Waals surface area contributed by atoms with Crippen molar-refractivity contribution in [3.63, 3.8) is 0 Å². The number of carbonyl (C=O) groups is 1. The number of rotatable bonds is 5. The van der Waals surface area contributed by atoms with Gasteiger partial charge >= 0.3 is 6.03 Å². The van der Waals surface area contributed by atoms with E-state index < -0.39 is 0 Å². The Kier molecular flexibility index (Phi) is 6.21. The van der Waals surface area contributed by atoms with Gasteiger partial charge in [-0.1, -0.05) is 48.0 Å². The van der Waals surface area contributed by atoms with Crippen LogP contribution in [0.4, 0.5) is 4.79 Å². The number of aromatic nitrogens is 2. The second-order valence-electron chi connectivity index (χ2n) is 8.94. The third-order valence-corrected chi connectivity index (χ3v) is 6.56. The Morgan fingerprint density at radius 2 is 1.97 bits per heavy atom. The van der Waals surface area contributed by atoms with Gasteiger partial charge in [-0.15, -0.1) is 0 Å². The fraction of sp³-hybridized carbons (Fsp3) is 0.286. The van der Waals surface area contributed by atoms with Gasteiger partial charge in [0.1, 0.15) is 11.6 Å². The van der Waals surface area contributed by atoms with E-state index in [1.54, 1.807) is 7.11 Å². The summed E-state index contributed by atoms with van der Waals surface area (Å²) in [4.78, 5) is 20.0. The molecule has 174 valence electrons. The number of nitrogens with zero attached hydrogens (tertiary/aromatic N) is 3. The van der Waals surface area contributed by atoms with Crippen molar-refractivity contribution in [2.24, 2.45) is 0 Å². The molecule has 1 atom stereocenters. The zero-order valence-electron chi connectivity index (χ0n) is 19.7. The summed E-state index contributed by atoms with van der Waals surface area (Å²) >= 11 is 0. The van der Waals surface area contributed by atoms with Crippen LogP contribution in [0, 0.1) is 6.92 Å². The van der Waals surface area contributed by atoms with Gasteiger partial charge in [0.15, 0.2) is 0 Å². The maximum absolute atomic E-state index is 12.9. The van der Waals surface area contributed by atoms with E-state index in [1.807, 2.05) is 35.2 Å². The standard InChI is InChI=1S/C28H30N4O2/c1-20-11-13-21(14-12-20)18-29-28(33)31-15-6-8-23(19-31)27-30-26(25-10-3-4-16-32(25)27)22-7-5-9-24(17-22)34-2/h3-5,7,9-14,16-17,23H,6,8,15,18-19H2,1-2H3,(H,29,33). The lowest BCUT2D eigenvalue weighted by Crippen LogP contribution is -2.45. The molecule has 0 aliphatic carbocycles. The molecule has 1 unspecified atom stereocenters. The lowest BCUT2D eigenvalue weighted by Gasteiger charge is -2.32. The minimum atomic E-state index is -0.0147. The summed E-state index contributed by atoms with van der Waals surface area (Å²) in [6.07, 6.45) is 4.03. The molecule has 1 aliphatic heterocycles. The largest absolute Gasteiger partial charge is 0.497 e. The van der Waals surface area contributed by atoms with Crippen LogP contribution in [0.3, 0.4) is 0 Å². The van der Waals surface area contributed by atoms with Crippen molar-refractivity contribution in [3.05, 3.63) is 89.9 Å². The minimum Gasteiger partial charge on any atom is -0.497 e. The molecule has 4 aromatic rings. The molecule has 3 heterocycles. The van der Waals surface area contributed by atoms with Gasteiger partial charge in [-0.25, -0.2) is 9.78 Å². The molecule has 0 spiro atoms. The Balaban J connectivity index is 1.37. The van der Waals surface area contributed by atoms with Crippen LogP contribution in [0.1, 0.15) is 35.7 Å². The highest BCUT2D eigenvalue weighted by Crippen LogP contribution is 2.33. The highest BCUT2D eigenvalue weighted by atomic mass is 16.5. The second kappa shape index (κ2) is 9.59. The Labute approximate surface area is 200 Å². The lowest BCUT2D eigenvalue weighted by molar-refractivity contribution is 0.178. The molecule has 5 rings (SSSR count). The number of benzene rings is 2. The van der Waals surface area contributed by atoms with Crippen molar-refractivity contribution >= 4 is 11.5 Å². The molecule has 2 amide bonds. The van der Waals surface area contributed by atoms with Crippen molar-refractivity contribution in [2.75, 3.05) is 20.2 Å². The summed E-state index contributed by atoms with van der Waals surface area (Å²) < 4.78 is 7.60. The number of nitrogens with one attached hydrogen (secondary N) is 1. The molecule has 0 saturated carbocycles. The van der Waals surface area contributed by atoms with Crippen molar-refractivity contribution < 1.29 is 9.53 Å². The number of carbonyl (C=O) groups excluding carboxylic acids is 1. The average molecular weight is 455 g/mol. The number of likely N-dealkylation sites (tertiary alicyclic amines) is 1. The van der Waals surface area contributed by atoms with Gasteiger partial charge in [-0.3, -0.25) is 0 Å². The van der Waals surface area contributed by atoms with Crippen LogP contribution in [0.2, 0.25) is 0 Å². The third kappa shape index (κ3) is 4.49. The Hall–Kier alpha value is -3.80. The van der Waals surface area contributed by atoms with Crippen LogP contribution >= 0.6 is 0 Å². The number of ether oxygens (including phenoxy) is 1. The highest BCUT2D eigenvalue weighted by Gasteiger charge is 2.28. The van der Waals surface area contributed by atoms with E-state index >= 15 is 0 Å². The molecule has 0 bridgehead atoms. The molecule has 6 nitrogen and oxygen atoms in total. The molecule has 2 aromatic heterocycles. The maximum atomic E-state index is 12.9. The summed E-state index contributed by atoms with van der Waals surface area (Å²) in [5.41, 5.74) is 5.35. The van der Waals surface area contributed by atoms with E-state index in [0.29, 0.717) is 13.1 Å². The highest BCUT2D eigenvalue weighted by molar-refractivity contribution is 5.78. The van der Waals surface area contributed by atoms with Crippen molar-refractivity contribution in [3.8, 4) is 17.0 Å². The first-order valence-corrected chi connectivity index (χ1v) is 11.8. The number of hydrogen-bond donors (Lipinski definition) is 1. The normalized spacial score (nSPS) is 15.9. The van der Waals surface area contributed by atoms with Gasteiger partial charge < -0.3 is 19.4 Å². The predicted molar refractivity (Wildman–Crippen MR) is 134 cm³/mol. The summed E-state index contributed by atoms with van der Waals surface area (Å²) in [6.45, 7) is 4.02. The van der Waals surface area contributed by atoms with E-state index in [9.17, 15) is 4.79 Å². The van der Waals surface area contributed by atoms with E-state index in [0.717, 1.165) is 53.3 Å². The predicted octanol–water partition coefficient (Wildman–Crippen LogP) is 5.41. The quantitative estimate of drug-likeness (QED) is 0.439. The van der Waals surface area contributed by atoms with Gasteiger partial charge in [0.05, 0.1) is 18.3 Å². The maximum Gasteiger partial charge on any atom is 0.317 e. The fourth-order valence-electron chi connectivity index (χ4n) is 4.70. The van der Waals surface area contributed by atoms with E-state index in [4.69, 9.17) is 9.72 Å². The Morgan fingerprint density at radius 1 is 1.12 bits per heavy atom. The Bertz CT molecular complexity index is 1300. The average Bonchev–Trinajstić information content (AvgIpc) is 3.28. The molecule has 6 heteroatoms. The molecule has 1 saturated heterocycles. The number of pyridine rings is 1. The molecule has 1 aliphatic rings. The first-order valence-electron chi connectivity index (χ1n) is 11.8. The van der Waals surface area contributed by atoms with Crippen LogP contribution < -0.4 is 10.1 Å². The van der Waals surface area contributed by atoms with Crippen LogP contribution in [-0.2, 0) is 6.54 Å². The van der Waals surface area contributed by atoms with Crippen LogP contribution in [0.5, 0.6) is 5.75 Å². The van der Waals surface area contributed by atoms with Gasteiger partial charge in [0.25, 0.3) is 0 Å². The van der Waals surface area contributed by atoms with Crippen LogP contribution in [0.15, 0.2) is 72.9 Å². The van der Waals surface area contributed by atoms with Crippen LogP contribution in [0.25, 0.3) is 16.8 Å². The summed E-state index contributed by atoms with van der Waals surface area (Å²) in [7, 11) is 1.68. The zero-order chi connectivity index (χ0) is 23.5. The molecule has 2 aromatic carbocycles. The molecular formula is C28H30N4O2. The van der Waals surface area contributed by atoms with Gasteiger partial charge in [-0.05, 0) is 49.6 Å². The van der Waals surface area contributed by atoms with Gasteiger partial charge in [0, 0.05) is 37.3 Å². The molecule has 34 heavy (non-hydrogen) atoms. The van der Waals surface area contributed by atoms with Gasteiger partial charge in [-0.2, -0.15) is 0 Å². The summed E-state index contributed by atoms with van der Waals surface area (Å²) in [5.74, 6) is 1.99. The van der Waals surface area contributed by atoms with Crippen molar-refractivity contribution in [2.45, 2.75) is 32.2 Å². The molecule has 1 fully saturated rings. The van der Waals surface area contributed by atoms with E-state index in [2.05, 4.69) is 59.2 Å². The first kappa shape index (κ1) is 22.0. The van der Waals surface area contributed by atoms with E-state index in [1.165, 1.54) is 5.56 Å². The van der Waals surface area contributed by atoms with Crippen LogP contribution in [-0.4, -0.2) is 40.5 Å². The molecule has 1 N–H and O–H groups in total. The Morgan fingerprint density at radius 3 is 2.79 bits per heavy atom. The van der Waals surface area contributed by atoms with Gasteiger partial charge in [0.2, 0.25) is 0 Å². The zero-order valence-corrected chi connectivity index (χ0v) is 19.7. The van der Waals surface area contributed by atoms with Crippen molar-refractivity contribution in [1.29, 1.82) is 0 Å². The number of imidazole rings is 1. The number of fused-ring (bicyclic) bond motifs is 1. The first-order chi connectivity index (χ1) is 16.6. The lowest BCUT2D eigenvalue weighted by atomic mass is 9.97. The number of hydrogen-bond acceptors (Lipinski definition) is 3. The number of aryl methyl sites for hydroxylation is 1. The molecular weight excluding hydrogens is 424 g/mol. The monoisotopic (exact) mass is 454 g/mol.